The van der Waals surface area contributed by atoms with E-state index in [1.54, 1.807) is 22.0 Å². The molecule has 1 fully saturated rings. The molecule has 8 heteroatoms. The number of hydrogen-bond acceptors (Lipinski definition) is 5. The number of nitrogens with zero attached hydrogens (tertiary/aromatic N) is 6. The van der Waals surface area contributed by atoms with Crippen LogP contribution in [0.3, 0.4) is 0 Å². The summed E-state index contributed by atoms with van der Waals surface area (Å²) in [5.74, 6) is 0.865. The van der Waals surface area contributed by atoms with Crippen LogP contribution in [0.15, 0.2) is 30.7 Å². The van der Waals surface area contributed by atoms with Crippen LogP contribution in [0, 0.1) is 0 Å². The number of urea groups is 1. The Bertz CT molecular complexity index is 702. The van der Waals surface area contributed by atoms with Crippen LogP contribution in [0.1, 0.15) is 31.4 Å². The second-order valence-electron chi connectivity index (χ2n) is 6.55. The van der Waals surface area contributed by atoms with Gasteiger partial charge in [-0.1, -0.05) is 0 Å². The smallest absolute Gasteiger partial charge is 0.317 e. The van der Waals surface area contributed by atoms with Gasteiger partial charge in [-0.15, -0.1) is 5.10 Å². The van der Waals surface area contributed by atoms with Crippen LogP contribution >= 0.6 is 0 Å². The Morgan fingerprint density at radius 3 is 3.00 bits per heavy atom. The number of anilines is 1. The van der Waals surface area contributed by atoms with E-state index in [9.17, 15) is 4.79 Å². The molecule has 2 aromatic rings. The Balaban J connectivity index is 1.59. The van der Waals surface area contributed by atoms with Gasteiger partial charge in [-0.2, -0.15) is 10.2 Å². The molecule has 3 rings (SSSR count). The highest BCUT2D eigenvalue weighted by Gasteiger charge is 2.27. The van der Waals surface area contributed by atoms with Gasteiger partial charge in [-0.25, -0.2) is 4.79 Å². The van der Waals surface area contributed by atoms with Crippen LogP contribution in [0.25, 0.3) is 0 Å². The Morgan fingerprint density at radius 1 is 1.48 bits per heavy atom. The van der Waals surface area contributed by atoms with E-state index < -0.39 is 0 Å². The average Bonchev–Trinajstić information content (AvgIpc) is 3.08. The van der Waals surface area contributed by atoms with Crippen LogP contribution in [0.2, 0.25) is 0 Å². The standard InChI is InChI=1S/C17H25N7O/c1-13(14-10-19-22(2)11-14)20-17(25)23(3)15-6-5-9-24(12-15)16-7-4-8-18-21-16/h4,7-8,10-11,13,15H,5-6,9,12H2,1-3H3,(H,20,25). The van der Waals surface area contributed by atoms with Crippen molar-refractivity contribution in [1.82, 2.24) is 30.2 Å². The lowest BCUT2D eigenvalue weighted by Crippen LogP contribution is -2.51. The van der Waals surface area contributed by atoms with E-state index in [0.29, 0.717) is 0 Å². The highest BCUT2D eigenvalue weighted by atomic mass is 16.2. The average molecular weight is 343 g/mol. The minimum atomic E-state index is -0.0802. The molecule has 0 aliphatic carbocycles. The van der Waals surface area contributed by atoms with Crippen LogP contribution in [0.4, 0.5) is 10.6 Å². The van der Waals surface area contributed by atoms with E-state index in [1.165, 1.54) is 0 Å². The fourth-order valence-electron chi connectivity index (χ4n) is 3.14. The maximum absolute atomic E-state index is 12.6. The molecule has 3 heterocycles. The molecule has 2 atom stereocenters. The Labute approximate surface area is 147 Å². The summed E-state index contributed by atoms with van der Waals surface area (Å²) < 4.78 is 1.74. The van der Waals surface area contributed by atoms with E-state index in [-0.39, 0.29) is 18.1 Å². The number of rotatable bonds is 4. The molecule has 2 unspecified atom stereocenters. The Kier molecular flexibility index (Phi) is 5.16. The number of hydrogen-bond donors (Lipinski definition) is 1. The summed E-state index contributed by atoms with van der Waals surface area (Å²) in [6, 6.07) is 3.85. The van der Waals surface area contributed by atoms with Crippen molar-refractivity contribution in [2.45, 2.75) is 31.8 Å². The first-order valence-corrected chi connectivity index (χ1v) is 8.59. The van der Waals surface area contributed by atoms with Gasteiger partial charge in [0.15, 0.2) is 5.82 Å². The molecule has 1 N–H and O–H groups in total. The van der Waals surface area contributed by atoms with Crippen molar-refractivity contribution < 1.29 is 4.79 Å². The van der Waals surface area contributed by atoms with Gasteiger partial charge < -0.3 is 15.1 Å². The zero-order valence-corrected chi connectivity index (χ0v) is 15.0. The number of aromatic nitrogens is 4. The minimum absolute atomic E-state index is 0.0673. The fraction of sp³-hybridized carbons (Fsp3) is 0.529. The molecule has 0 radical (unpaired) electrons. The first kappa shape index (κ1) is 17.2. The van der Waals surface area contributed by atoms with Gasteiger partial charge in [0, 0.05) is 45.1 Å². The normalized spacial score (nSPS) is 18.7. The van der Waals surface area contributed by atoms with Gasteiger partial charge in [0.2, 0.25) is 0 Å². The maximum Gasteiger partial charge on any atom is 0.317 e. The lowest BCUT2D eigenvalue weighted by atomic mass is 10.0. The summed E-state index contributed by atoms with van der Waals surface area (Å²) >= 11 is 0. The molecular formula is C17H25N7O. The van der Waals surface area contributed by atoms with E-state index in [2.05, 4.69) is 25.5 Å². The van der Waals surface area contributed by atoms with Crippen molar-refractivity contribution in [3.05, 3.63) is 36.3 Å². The molecule has 0 aromatic carbocycles. The van der Waals surface area contributed by atoms with Crippen LogP contribution < -0.4 is 10.2 Å². The molecular weight excluding hydrogens is 318 g/mol. The highest BCUT2D eigenvalue weighted by molar-refractivity contribution is 5.74. The molecule has 0 saturated carbocycles. The highest BCUT2D eigenvalue weighted by Crippen LogP contribution is 2.20. The van der Waals surface area contributed by atoms with Gasteiger partial charge in [0.25, 0.3) is 0 Å². The Morgan fingerprint density at radius 2 is 2.32 bits per heavy atom. The van der Waals surface area contributed by atoms with Gasteiger partial charge >= 0.3 is 6.03 Å². The molecule has 2 aromatic heterocycles. The molecule has 1 aliphatic rings. The largest absolute Gasteiger partial charge is 0.353 e. The van der Waals surface area contributed by atoms with E-state index >= 15 is 0 Å². The lowest BCUT2D eigenvalue weighted by Gasteiger charge is -2.38. The summed E-state index contributed by atoms with van der Waals surface area (Å²) in [5, 5.41) is 15.3. The number of carbonyl (C=O) groups is 1. The minimum Gasteiger partial charge on any atom is -0.353 e. The number of aryl methyl sites for hydroxylation is 1. The van der Waals surface area contributed by atoms with E-state index in [4.69, 9.17) is 0 Å². The third kappa shape index (κ3) is 4.07. The monoisotopic (exact) mass is 343 g/mol. The van der Waals surface area contributed by atoms with E-state index in [1.807, 2.05) is 39.3 Å². The molecule has 0 bridgehead atoms. The maximum atomic E-state index is 12.6. The predicted molar refractivity (Wildman–Crippen MR) is 95.2 cm³/mol. The van der Waals surface area contributed by atoms with Crippen molar-refractivity contribution in [2.24, 2.45) is 7.05 Å². The molecule has 1 saturated heterocycles. The number of carbonyl (C=O) groups excluding carboxylic acids is 1. The topological polar surface area (TPSA) is 79.2 Å². The second kappa shape index (κ2) is 7.50. The SMILES string of the molecule is CC(NC(=O)N(C)C1CCCN(c2cccnn2)C1)c1cnn(C)c1. The third-order valence-corrected chi connectivity index (χ3v) is 4.71. The van der Waals surface area contributed by atoms with Crippen LogP contribution in [0.5, 0.6) is 0 Å². The summed E-state index contributed by atoms with van der Waals surface area (Å²) in [4.78, 5) is 16.6. The summed E-state index contributed by atoms with van der Waals surface area (Å²) in [5.41, 5.74) is 0.995. The van der Waals surface area contributed by atoms with Crippen molar-refractivity contribution in [3.8, 4) is 0 Å². The molecule has 25 heavy (non-hydrogen) atoms. The van der Waals surface area contributed by atoms with Crippen molar-refractivity contribution >= 4 is 11.8 Å². The zero-order chi connectivity index (χ0) is 17.8. The molecule has 134 valence electrons. The van der Waals surface area contributed by atoms with Gasteiger partial charge in [0.05, 0.1) is 18.3 Å². The number of piperidine rings is 1. The Hall–Kier alpha value is -2.64. The van der Waals surface area contributed by atoms with Gasteiger partial charge in [-0.05, 0) is 31.9 Å². The van der Waals surface area contributed by atoms with Crippen LogP contribution in [-0.2, 0) is 7.05 Å². The predicted octanol–water partition coefficient (Wildman–Crippen LogP) is 1.58. The molecule has 1 aliphatic heterocycles. The molecule has 0 spiro atoms. The summed E-state index contributed by atoms with van der Waals surface area (Å²) in [6.45, 7) is 3.68. The third-order valence-electron chi connectivity index (χ3n) is 4.71. The van der Waals surface area contributed by atoms with Gasteiger partial charge in [0.1, 0.15) is 0 Å². The first-order chi connectivity index (χ1) is 12.0. The van der Waals surface area contributed by atoms with Crippen molar-refractivity contribution in [1.29, 1.82) is 0 Å². The van der Waals surface area contributed by atoms with E-state index in [0.717, 1.165) is 37.3 Å². The number of amides is 2. The summed E-state index contributed by atoms with van der Waals surface area (Å²) in [6.07, 6.45) is 7.38. The lowest BCUT2D eigenvalue weighted by molar-refractivity contribution is 0.179. The number of likely N-dealkylation sites (N-methyl/N-ethyl adjacent to an activating group) is 1. The molecule has 8 nitrogen and oxygen atoms in total. The van der Waals surface area contributed by atoms with Crippen molar-refractivity contribution in [3.63, 3.8) is 0 Å². The van der Waals surface area contributed by atoms with Crippen molar-refractivity contribution in [2.75, 3.05) is 25.0 Å². The molecule has 2 amide bonds. The fourth-order valence-corrected chi connectivity index (χ4v) is 3.14. The second-order valence-corrected chi connectivity index (χ2v) is 6.55. The first-order valence-electron chi connectivity index (χ1n) is 8.59. The zero-order valence-electron chi connectivity index (χ0n) is 15.0. The number of nitrogens with one attached hydrogen (secondary N) is 1. The quantitative estimate of drug-likeness (QED) is 0.912. The van der Waals surface area contributed by atoms with Gasteiger partial charge in [-0.3, -0.25) is 4.68 Å². The van der Waals surface area contributed by atoms with Crippen LogP contribution in [-0.4, -0.2) is 57.1 Å². The summed E-state index contributed by atoms with van der Waals surface area (Å²) in [7, 11) is 3.73.